The second kappa shape index (κ2) is 5.97. The second-order valence-electron chi connectivity index (χ2n) is 4.44. The van der Waals surface area contributed by atoms with E-state index in [0.29, 0.717) is 36.9 Å². The van der Waals surface area contributed by atoms with Crippen LogP contribution in [0.25, 0.3) is 0 Å². The van der Waals surface area contributed by atoms with Crippen molar-refractivity contribution in [1.29, 1.82) is 0 Å². The van der Waals surface area contributed by atoms with Crippen molar-refractivity contribution in [1.82, 2.24) is 4.90 Å². The lowest BCUT2D eigenvalue weighted by Crippen LogP contribution is -2.42. The Morgan fingerprint density at radius 1 is 1.50 bits per heavy atom. The summed E-state index contributed by atoms with van der Waals surface area (Å²) in [6.07, 6.45) is -0.518. The highest BCUT2D eigenvalue weighted by Gasteiger charge is 2.31. The van der Waals surface area contributed by atoms with Gasteiger partial charge in [-0.05, 0) is 18.7 Å². The normalized spacial score (nSPS) is 23.8. The van der Waals surface area contributed by atoms with Crippen molar-refractivity contribution in [3.8, 4) is 0 Å². The number of halogens is 2. The van der Waals surface area contributed by atoms with Gasteiger partial charge >= 0.3 is 0 Å². The van der Waals surface area contributed by atoms with Crippen molar-refractivity contribution >= 4 is 11.6 Å². The fourth-order valence-electron chi connectivity index (χ4n) is 2.23. The minimum atomic E-state index is -0.518. The van der Waals surface area contributed by atoms with Gasteiger partial charge in [0.05, 0.1) is 25.4 Å². The average molecular weight is 274 g/mol. The Hall–Kier alpha value is -0.680. The molecule has 1 saturated heterocycles. The van der Waals surface area contributed by atoms with Gasteiger partial charge in [0, 0.05) is 17.1 Å². The fourth-order valence-corrected chi connectivity index (χ4v) is 2.45. The van der Waals surface area contributed by atoms with Gasteiger partial charge < -0.3 is 9.84 Å². The number of ether oxygens (including phenoxy) is 1. The maximum atomic E-state index is 13.7. The molecule has 0 radical (unpaired) electrons. The van der Waals surface area contributed by atoms with Gasteiger partial charge in [0.2, 0.25) is 0 Å². The highest BCUT2D eigenvalue weighted by molar-refractivity contribution is 6.31. The van der Waals surface area contributed by atoms with Gasteiger partial charge in [-0.25, -0.2) is 4.39 Å². The summed E-state index contributed by atoms with van der Waals surface area (Å²) in [5, 5.41) is 10.2. The third-order valence-corrected chi connectivity index (χ3v) is 3.67. The predicted molar refractivity (Wildman–Crippen MR) is 68.1 cm³/mol. The second-order valence-corrected chi connectivity index (χ2v) is 4.84. The Morgan fingerprint density at radius 3 is 2.83 bits per heavy atom. The first-order valence-corrected chi connectivity index (χ1v) is 6.44. The zero-order chi connectivity index (χ0) is 13.1. The summed E-state index contributed by atoms with van der Waals surface area (Å²) in [5.41, 5.74) is 0.472. The number of benzene rings is 1. The van der Waals surface area contributed by atoms with E-state index in [9.17, 15) is 9.50 Å². The molecular formula is C13H17ClFNO2. The van der Waals surface area contributed by atoms with E-state index in [-0.39, 0.29) is 11.9 Å². The molecule has 3 nitrogen and oxygen atoms in total. The molecule has 1 aliphatic heterocycles. The van der Waals surface area contributed by atoms with E-state index in [0.717, 1.165) is 0 Å². The van der Waals surface area contributed by atoms with Gasteiger partial charge in [-0.3, -0.25) is 4.90 Å². The number of likely N-dealkylation sites (N-methyl/N-ethyl adjacent to an activating group) is 1. The van der Waals surface area contributed by atoms with Gasteiger partial charge in [-0.1, -0.05) is 24.6 Å². The van der Waals surface area contributed by atoms with Crippen LogP contribution in [-0.2, 0) is 11.3 Å². The molecule has 2 rings (SSSR count). The molecule has 1 aromatic carbocycles. The lowest BCUT2D eigenvalue weighted by Gasteiger charge is -2.29. The van der Waals surface area contributed by atoms with Crippen LogP contribution in [-0.4, -0.2) is 41.9 Å². The highest BCUT2D eigenvalue weighted by atomic mass is 35.5. The van der Waals surface area contributed by atoms with Crippen LogP contribution >= 0.6 is 11.6 Å². The Bertz CT molecular complexity index is 396. The molecule has 0 saturated carbocycles. The molecule has 100 valence electrons. The molecule has 0 amide bonds. The minimum Gasteiger partial charge on any atom is -0.389 e. The molecule has 0 bridgehead atoms. The summed E-state index contributed by atoms with van der Waals surface area (Å²) in [6, 6.07) is 4.57. The van der Waals surface area contributed by atoms with Gasteiger partial charge in [0.1, 0.15) is 5.82 Å². The van der Waals surface area contributed by atoms with Gasteiger partial charge in [0.15, 0.2) is 0 Å². The maximum absolute atomic E-state index is 13.7. The van der Waals surface area contributed by atoms with E-state index >= 15 is 0 Å². The molecule has 1 N–H and O–H groups in total. The van der Waals surface area contributed by atoms with Crippen LogP contribution in [0.5, 0.6) is 0 Å². The number of aliphatic hydroxyl groups excluding tert-OH is 1. The van der Waals surface area contributed by atoms with Gasteiger partial charge in [0.25, 0.3) is 0 Å². The van der Waals surface area contributed by atoms with E-state index < -0.39 is 6.10 Å². The molecule has 0 aromatic heterocycles. The molecule has 0 unspecified atom stereocenters. The monoisotopic (exact) mass is 273 g/mol. The lowest BCUT2D eigenvalue weighted by atomic mass is 10.1. The quantitative estimate of drug-likeness (QED) is 0.912. The molecule has 2 atom stereocenters. The molecule has 18 heavy (non-hydrogen) atoms. The number of hydrogen-bond acceptors (Lipinski definition) is 3. The van der Waals surface area contributed by atoms with Crippen LogP contribution in [0.4, 0.5) is 4.39 Å². The Morgan fingerprint density at radius 2 is 2.28 bits per heavy atom. The fraction of sp³-hybridized carbons (Fsp3) is 0.538. The summed E-state index contributed by atoms with van der Waals surface area (Å²) in [7, 11) is 0. The van der Waals surface area contributed by atoms with E-state index in [2.05, 4.69) is 0 Å². The van der Waals surface area contributed by atoms with Crippen molar-refractivity contribution in [2.45, 2.75) is 25.6 Å². The first-order chi connectivity index (χ1) is 8.63. The largest absolute Gasteiger partial charge is 0.389 e. The summed E-state index contributed by atoms with van der Waals surface area (Å²) in [6.45, 7) is 3.87. The van der Waals surface area contributed by atoms with E-state index in [1.807, 2.05) is 11.8 Å². The highest BCUT2D eigenvalue weighted by Crippen LogP contribution is 2.23. The Labute approximate surface area is 111 Å². The first-order valence-electron chi connectivity index (χ1n) is 6.06. The molecule has 0 aliphatic carbocycles. The van der Waals surface area contributed by atoms with Crippen LogP contribution in [0.1, 0.15) is 12.5 Å². The van der Waals surface area contributed by atoms with Crippen molar-refractivity contribution in [2.24, 2.45) is 0 Å². The Balaban J connectivity index is 2.15. The smallest absolute Gasteiger partial charge is 0.129 e. The third-order valence-electron chi connectivity index (χ3n) is 3.32. The molecule has 5 heteroatoms. The van der Waals surface area contributed by atoms with E-state index in [1.54, 1.807) is 12.1 Å². The third kappa shape index (κ3) is 2.83. The Kier molecular flexibility index (Phi) is 4.56. The van der Waals surface area contributed by atoms with Crippen molar-refractivity contribution < 1.29 is 14.2 Å². The predicted octanol–water partition coefficient (Wildman–Crippen LogP) is 2.06. The zero-order valence-electron chi connectivity index (χ0n) is 10.3. The summed E-state index contributed by atoms with van der Waals surface area (Å²) >= 11 is 6.01. The molecule has 1 fully saturated rings. The van der Waals surface area contributed by atoms with Crippen LogP contribution in [0.2, 0.25) is 5.02 Å². The van der Waals surface area contributed by atoms with Crippen LogP contribution in [0, 0.1) is 5.82 Å². The first kappa shape index (κ1) is 13.7. The summed E-state index contributed by atoms with van der Waals surface area (Å²) < 4.78 is 19.0. The van der Waals surface area contributed by atoms with Crippen molar-refractivity contribution in [2.75, 3.05) is 19.8 Å². The number of nitrogens with zero attached hydrogens (tertiary/aromatic N) is 1. The molecule has 1 aliphatic rings. The standard InChI is InChI=1S/C13H17ClFNO2/c1-2-16(12-7-18-8-13(12)17)6-9-10(14)4-3-5-11(9)15/h3-5,12-13,17H,2,6-8H2,1H3/t12-,13-/m1/s1. The zero-order valence-corrected chi connectivity index (χ0v) is 11.0. The average Bonchev–Trinajstić information content (AvgIpc) is 2.76. The SMILES string of the molecule is CCN(Cc1c(F)cccc1Cl)[C@@H]1COC[C@H]1O. The van der Waals surface area contributed by atoms with Crippen molar-refractivity contribution in [3.63, 3.8) is 0 Å². The maximum Gasteiger partial charge on any atom is 0.129 e. The van der Waals surface area contributed by atoms with Crippen LogP contribution in [0.15, 0.2) is 18.2 Å². The number of hydrogen-bond donors (Lipinski definition) is 1. The van der Waals surface area contributed by atoms with Gasteiger partial charge in [-0.2, -0.15) is 0 Å². The molecule has 0 spiro atoms. The van der Waals surface area contributed by atoms with Gasteiger partial charge in [-0.15, -0.1) is 0 Å². The topological polar surface area (TPSA) is 32.7 Å². The van der Waals surface area contributed by atoms with Crippen LogP contribution in [0.3, 0.4) is 0 Å². The lowest BCUT2D eigenvalue weighted by molar-refractivity contribution is 0.0802. The summed E-state index contributed by atoms with van der Waals surface area (Å²) in [5.74, 6) is -0.311. The van der Waals surface area contributed by atoms with Crippen LogP contribution < -0.4 is 0 Å². The minimum absolute atomic E-state index is 0.0920. The van der Waals surface area contributed by atoms with E-state index in [4.69, 9.17) is 16.3 Å². The molecule has 1 aromatic rings. The van der Waals surface area contributed by atoms with E-state index in [1.165, 1.54) is 6.07 Å². The van der Waals surface area contributed by atoms with Crippen molar-refractivity contribution in [3.05, 3.63) is 34.6 Å². The molecular weight excluding hydrogens is 257 g/mol. The summed E-state index contributed by atoms with van der Waals surface area (Å²) in [4.78, 5) is 1.99. The number of rotatable bonds is 4. The number of aliphatic hydroxyl groups is 1. The molecule has 1 heterocycles.